The summed E-state index contributed by atoms with van der Waals surface area (Å²) in [6, 6.07) is 14.5. The lowest BCUT2D eigenvalue weighted by atomic mass is 10.2. The minimum absolute atomic E-state index is 0.0752. The molecule has 1 fully saturated rings. The number of nitrogens with zero attached hydrogens (tertiary/aromatic N) is 2. The number of halogens is 1. The topological polar surface area (TPSA) is 81.8 Å². The lowest BCUT2D eigenvalue weighted by molar-refractivity contribution is -0.139. The molecule has 1 aliphatic heterocycles. The first kappa shape index (κ1) is 19.3. The minimum atomic E-state index is -0.347. The number of carbonyl (C=O) groups is 3. The van der Waals surface area contributed by atoms with Crippen LogP contribution in [0.3, 0.4) is 0 Å². The lowest BCUT2D eigenvalue weighted by Crippen LogP contribution is -2.55. The van der Waals surface area contributed by atoms with Crippen molar-refractivity contribution in [2.24, 2.45) is 0 Å². The van der Waals surface area contributed by atoms with E-state index in [0.717, 1.165) is 5.56 Å². The number of anilines is 1. The van der Waals surface area contributed by atoms with Gasteiger partial charge in [0.2, 0.25) is 11.8 Å². The highest BCUT2D eigenvalue weighted by Gasteiger charge is 2.28. The van der Waals surface area contributed by atoms with Crippen LogP contribution in [0.4, 0.5) is 14.9 Å². The van der Waals surface area contributed by atoms with E-state index in [1.807, 2.05) is 18.2 Å². The van der Waals surface area contributed by atoms with Gasteiger partial charge in [-0.25, -0.2) is 9.18 Å². The van der Waals surface area contributed by atoms with Gasteiger partial charge in [0.15, 0.2) is 0 Å². The summed E-state index contributed by atoms with van der Waals surface area (Å²) < 4.78 is 12.9. The van der Waals surface area contributed by atoms with E-state index in [1.54, 1.807) is 24.3 Å². The van der Waals surface area contributed by atoms with Gasteiger partial charge in [0, 0.05) is 25.3 Å². The summed E-state index contributed by atoms with van der Waals surface area (Å²) in [5, 5.41) is 5.45. The van der Waals surface area contributed by atoms with Crippen molar-refractivity contribution in [2.45, 2.75) is 6.54 Å². The summed E-state index contributed by atoms with van der Waals surface area (Å²) in [4.78, 5) is 39.5. The maximum Gasteiger partial charge on any atom is 0.322 e. The van der Waals surface area contributed by atoms with E-state index in [9.17, 15) is 18.8 Å². The molecular weight excluding hydrogens is 363 g/mol. The molecule has 8 heteroatoms. The first-order valence-corrected chi connectivity index (χ1v) is 8.91. The van der Waals surface area contributed by atoms with Crippen LogP contribution in [-0.4, -0.2) is 53.8 Å². The third-order valence-electron chi connectivity index (χ3n) is 4.37. The fourth-order valence-electron chi connectivity index (χ4n) is 2.81. The van der Waals surface area contributed by atoms with Crippen molar-refractivity contribution in [3.05, 3.63) is 66.0 Å². The van der Waals surface area contributed by atoms with Crippen molar-refractivity contribution < 1.29 is 18.8 Å². The molecule has 0 saturated carbocycles. The summed E-state index contributed by atoms with van der Waals surface area (Å²) in [5.74, 6) is -0.930. The SMILES string of the molecule is O=C(CN1CCN(C(=O)Nc2ccccc2)CC1=O)NCc1ccc(F)cc1. The van der Waals surface area contributed by atoms with Gasteiger partial charge in [-0.3, -0.25) is 9.59 Å². The number of benzene rings is 2. The minimum Gasteiger partial charge on any atom is -0.350 e. The van der Waals surface area contributed by atoms with Gasteiger partial charge >= 0.3 is 6.03 Å². The van der Waals surface area contributed by atoms with Crippen LogP contribution in [0, 0.1) is 5.82 Å². The predicted molar refractivity (Wildman–Crippen MR) is 102 cm³/mol. The van der Waals surface area contributed by atoms with E-state index in [-0.39, 0.29) is 49.8 Å². The third-order valence-corrected chi connectivity index (χ3v) is 4.37. The summed E-state index contributed by atoms with van der Waals surface area (Å²) in [7, 11) is 0. The normalized spacial score (nSPS) is 14.0. The molecule has 1 saturated heterocycles. The molecule has 0 unspecified atom stereocenters. The fourth-order valence-corrected chi connectivity index (χ4v) is 2.81. The average molecular weight is 384 g/mol. The molecule has 0 radical (unpaired) electrons. The van der Waals surface area contributed by atoms with E-state index in [1.165, 1.54) is 21.9 Å². The number of amides is 4. The molecule has 4 amide bonds. The Hall–Kier alpha value is -3.42. The Bertz CT molecular complexity index is 842. The molecule has 7 nitrogen and oxygen atoms in total. The number of carbonyl (C=O) groups excluding carboxylic acids is 3. The lowest BCUT2D eigenvalue weighted by Gasteiger charge is -2.33. The highest BCUT2D eigenvalue weighted by Crippen LogP contribution is 2.09. The van der Waals surface area contributed by atoms with Gasteiger partial charge in [0.25, 0.3) is 0 Å². The quantitative estimate of drug-likeness (QED) is 0.825. The molecule has 0 spiro atoms. The molecule has 2 N–H and O–H groups in total. The third kappa shape index (κ3) is 5.29. The highest BCUT2D eigenvalue weighted by molar-refractivity contribution is 5.94. The van der Waals surface area contributed by atoms with Crippen molar-refractivity contribution in [1.82, 2.24) is 15.1 Å². The predicted octanol–water partition coefficient (Wildman–Crippen LogP) is 1.82. The largest absolute Gasteiger partial charge is 0.350 e. The van der Waals surface area contributed by atoms with E-state index < -0.39 is 0 Å². The van der Waals surface area contributed by atoms with Gasteiger partial charge in [-0.15, -0.1) is 0 Å². The monoisotopic (exact) mass is 384 g/mol. The smallest absolute Gasteiger partial charge is 0.322 e. The molecule has 1 heterocycles. The molecular formula is C20H21FN4O3. The van der Waals surface area contributed by atoms with E-state index >= 15 is 0 Å². The average Bonchev–Trinajstić information content (AvgIpc) is 2.70. The van der Waals surface area contributed by atoms with Crippen molar-refractivity contribution >= 4 is 23.5 Å². The summed E-state index contributed by atoms with van der Waals surface area (Å²) in [6.45, 7) is 0.728. The Balaban J connectivity index is 1.44. The van der Waals surface area contributed by atoms with Gasteiger partial charge in [-0.2, -0.15) is 0 Å². The Morgan fingerprint density at radius 3 is 2.39 bits per heavy atom. The Kier molecular flexibility index (Phi) is 6.21. The van der Waals surface area contributed by atoms with Crippen molar-refractivity contribution in [1.29, 1.82) is 0 Å². The zero-order chi connectivity index (χ0) is 19.9. The Labute approximate surface area is 162 Å². The summed E-state index contributed by atoms with van der Waals surface area (Å²) in [6.07, 6.45) is 0. The van der Waals surface area contributed by atoms with Gasteiger partial charge in [-0.05, 0) is 29.8 Å². The molecule has 2 aromatic rings. The number of para-hydroxylation sites is 1. The second kappa shape index (κ2) is 8.98. The molecule has 146 valence electrons. The van der Waals surface area contributed by atoms with Gasteiger partial charge in [0.1, 0.15) is 12.4 Å². The van der Waals surface area contributed by atoms with Crippen molar-refractivity contribution in [3.8, 4) is 0 Å². The van der Waals surface area contributed by atoms with E-state index in [4.69, 9.17) is 0 Å². The van der Waals surface area contributed by atoms with Crippen molar-refractivity contribution in [2.75, 3.05) is 31.5 Å². The van der Waals surface area contributed by atoms with Crippen LogP contribution in [0.15, 0.2) is 54.6 Å². The zero-order valence-corrected chi connectivity index (χ0v) is 15.2. The number of nitrogens with one attached hydrogen (secondary N) is 2. The maximum absolute atomic E-state index is 12.9. The number of piperazine rings is 1. The van der Waals surface area contributed by atoms with Gasteiger partial charge < -0.3 is 20.4 Å². The van der Waals surface area contributed by atoms with E-state index in [2.05, 4.69) is 10.6 Å². The molecule has 28 heavy (non-hydrogen) atoms. The number of rotatable bonds is 5. The van der Waals surface area contributed by atoms with Gasteiger partial charge in [0.05, 0.1) is 6.54 Å². The van der Waals surface area contributed by atoms with Crippen LogP contribution in [0.25, 0.3) is 0 Å². The molecule has 0 bridgehead atoms. The van der Waals surface area contributed by atoms with Crippen LogP contribution in [0.2, 0.25) is 0 Å². The number of hydrogen-bond donors (Lipinski definition) is 2. The molecule has 3 rings (SSSR count). The van der Waals surface area contributed by atoms with E-state index in [0.29, 0.717) is 12.2 Å². The first-order chi connectivity index (χ1) is 13.5. The van der Waals surface area contributed by atoms with Crippen molar-refractivity contribution in [3.63, 3.8) is 0 Å². The first-order valence-electron chi connectivity index (χ1n) is 8.91. The molecule has 2 aromatic carbocycles. The molecule has 1 aliphatic rings. The molecule has 0 aliphatic carbocycles. The van der Waals surface area contributed by atoms with Crippen LogP contribution < -0.4 is 10.6 Å². The highest BCUT2D eigenvalue weighted by atomic mass is 19.1. The molecule has 0 atom stereocenters. The standard InChI is InChI=1S/C20H21FN4O3/c21-16-8-6-15(7-9-16)12-22-18(26)13-24-10-11-25(14-19(24)27)20(28)23-17-4-2-1-3-5-17/h1-9H,10-14H2,(H,22,26)(H,23,28). The Morgan fingerprint density at radius 2 is 1.71 bits per heavy atom. The Morgan fingerprint density at radius 1 is 1.00 bits per heavy atom. The maximum atomic E-state index is 12.9. The summed E-state index contributed by atoms with van der Waals surface area (Å²) >= 11 is 0. The number of urea groups is 1. The summed E-state index contributed by atoms with van der Waals surface area (Å²) in [5.41, 5.74) is 1.42. The second-order valence-electron chi connectivity index (χ2n) is 6.44. The van der Waals surface area contributed by atoms with Crippen LogP contribution in [0.1, 0.15) is 5.56 Å². The van der Waals surface area contributed by atoms with Crippen LogP contribution >= 0.6 is 0 Å². The van der Waals surface area contributed by atoms with Crippen LogP contribution in [0.5, 0.6) is 0 Å². The fraction of sp³-hybridized carbons (Fsp3) is 0.250. The van der Waals surface area contributed by atoms with Crippen LogP contribution in [-0.2, 0) is 16.1 Å². The zero-order valence-electron chi connectivity index (χ0n) is 15.2. The number of hydrogen-bond acceptors (Lipinski definition) is 3. The molecule has 0 aromatic heterocycles. The second-order valence-corrected chi connectivity index (χ2v) is 6.44. The van der Waals surface area contributed by atoms with Gasteiger partial charge in [-0.1, -0.05) is 30.3 Å².